The van der Waals surface area contributed by atoms with Gasteiger partial charge in [0.05, 0.1) is 4.90 Å². The predicted molar refractivity (Wildman–Crippen MR) is 94.1 cm³/mol. The molecule has 0 aliphatic heterocycles. The highest BCUT2D eigenvalue weighted by Gasteiger charge is 2.18. The molecule has 6 heteroatoms. The molecule has 3 aromatic carbocycles. The van der Waals surface area contributed by atoms with E-state index < -0.39 is 10.1 Å². The van der Waals surface area contributed by atoms with Crippen LogP contribution in [0.2, 0.25) is 0 Å². The lowest BCUT2D eigenvalue weighted by Gasteiger charge is -2.05. The van der Waals surface area contributed by atoms with E-state index in [1.165, 1.54) is 19.3 Å². The highest BCUT2D eigenvalue weighted by Crippen LogP contribution is 2.08. The standard InChI is InChI=1S/C13H9IN.C7H8O3S/c15-10-11-6-4-5-9-13(11)14-12-7-2-1-3-8-12;1-6-2-4-7(5-3-6)11(8,9)10/h1-9H;2-5H,1H3,(H,8,9,10)/q+1;/p-1. The maximum atomic E-state index is 10.4. The van der Waals surface area contributed by atoms with E-state index in [9.17, 15) is 13.0 Å². The molecule has 3 rings (SSSR count). The van der Waals surface area contributed by atoms with Gasteiger partial charge in [-0.25, -0.2) is 8.42 Å². The largest absolute Gasteiger partial charge is 0.744 e. The third-order valence-electron chi connectivity index (χ3n) is 3.25. The number of nitrogens with zero attached hydrogens (tertiary/aromatic N) is 1. The van der Waals surface area contributed by atoms with Crippen LogP contribution in [0.1, 0.15) is 11.1 Å². The van der Waals surface area contributed by atoms with Crippen molar-refractivity contribution >= 4 is 10.1 Å². The molecule has 0 N–H and O–H groups in total. The molecule has 0 spiro atoms. The topological polar surface area (TPSA) is 81.0 Å². The second-order valence-electron chi connectivity index (χ2n) is 5.25. The second-order valence-corrected chi connectivity index (χ2v) is 9.58. The van der Waals surface area contributed by atoms with Gasteiger partial charge in [0.25, 0.3) is 0 Å². The first-order chi connectivity index (χ1) is 12.4. The zero-order chi connectivity index (χ0) is 19.0. The maximum Gasteiger partial charge on any atom is 0.359 e. The van der Waals surface area contributed by atoms with Crippen molar-refractivity contribution in [2.75, 3.05) is 0 Å². The molecule has 26 heavy (non-hydrogen) atoms. The van der Waals surface area contributed by atoms with Gasteiger partial charge in [0, 0.05) is 0 Å². The minimum Gasteiger partial charge on any atom is -0.744 e. The van der Waals surface area contributed by atoms with Crippen LogP contribution in [0.25, 0.3) is 0 Å². The molecule has 0 amide bonds. The molecule has 0 saturated heterocycles. The van der Waals surface area contributed by atoms with Gasteiger partial charge in [-0.2, -0.15) is 5.26 Å². The van der Waals surface area contributed by atoms with E-state index >= 15 is 0 Å². The van der Waals surface area contributed by atoms with Crippen LogP contribution in [0.5, 0.6) is 0 Å². The minimum atomic E-state index is -4.27. The third kappa shape index (κ3) is 6.26. The van der Waals surface area contributed by atoms with Crippen LogP contribution in [-0.4, -0.2) is 13.0 Å². The summed E-state index contributed by atoms with van der Waals surface area (Å²) in [6.07, 6.45) is 0. The number of benzene rings is 3. The van der Waals surface area contributed by atoms with Crippen LogP contribution in [0.4, 0.5) is 0 Å². The van der Waals surface area contributed by atoms with Crippen molar-refractivity contribution < 1.29 is 34.2 Å². The van der Waals surface area contributed by atoms with E-state index in [0.29, 0.717) is 0 Å². The first kappa shape index (κ1) is 20.1. The Labute approximate surface area is 164 Å². The average Bonchev–Trinajstić information content (AvgIpc) is 2.63. The summed E-state index contributed by atoms with van der Waals surface area (Å²) in [5.41, 5.74) is 1.74. The highest BCUT2D eigenvalue weighted by atomic mass is 127. The van der Waals surface area contributed by atoms with Gasteiger partial charge in [0.15, 0.2) is 3.57 Å². The number of aryl methyl sites for hydroxylation is 1. The summed E-state index contributed by atoms with van der Waals surface area (Å²) in [5.74, 6) is 0. The van der Waals surface area contributed by atoms with E-state index in [1.807, 2.05) is 43.3 Å². The normalized spacial score (nSPS) is 10.3. The van der Waals surface area contributed by atoms with Gasteiger partial charge in [-0.3, -0.25) is 0 Å². The van der Waals surface area contributed by atoms with Crippen molar-refractivity contribution in [1.82, 2.24) is 0 Å². The van der Waals surface area contributed by atoms with Gasteiger partial charge in [-0.1, -0.05) is 48.0 Å². The van der Waals surface area contributed by atoms with Crippen molar-refractivity contribution in [3.8, 4) is 6.07 Å². The van der Waals surface area contributed by atoms with Crippen LogP contribution >= 0.6 is 0 Å². The SMILES string of the molecule is Cc1ccc(S(=O)(=O)[O-])cc1.N#Cc1ccccc1[I+]c1ccccc1. The molecule has 0 fully saturated rings. The lowest BCUT2D eigenvalue weighted by atomic mass is 10.2. The Bertz CT molecular complexity index is 995. The first-order valence-corrected chi connectivity index (χ1v) is 11.2. The highest BCUT2D eigenvalue weighted by molar-refractivity contribution is 7.85. The summed E-state index contributed by atoms with van der Waals surface area (Å²) in [6.45, 7) is 1.82. The Hall–Kier alpha value is -2.21. The molecule has 0 aromatic heterocycles. The quantitative estimate of drug-likeness (QED) is 0.409. The zero-order valence-corrected chi connectivity index (χ0v) is 16.9. The zero-order valence-electron chi connectivity index (χ0n) is 14.0. The molecule has 132 valence electrons. The van der Waals surface area contributed by atoms with Gasteiger partial charge in [-0.05, 0) is 43.3 Å². The molecular weight excluding hydrogens is 461 g/mol. The molecule has 0 unspecified atom stereocenters. The predicted octanol–water partition coefficient (Wildman–Crippen LogP) is 0.586. The number of hydrogen-bond donors (Lipinski definition) is 0. The van der Waals surface area contributed by atoms with Crippen LogP contribution in [0.15, 0.2) is 83.8 Å². The summed E-state index contributed by atoms with van der Waals surface area (Å²) in [6, 6.07) is 26.2. The summed E-state index contributed by atoms with van der Waals surface area (Å²) in [4.78, 5) is -0.178. The summed E-state index contributed by atoms with van der Waals surface area (Å²) < 4.78 is 33.7. The number of nitriles is 1. The van der Waals surface area contributed by atoms with Crippen molar-refractivity contribution in [2.24, 2.45) is 0 Å². The molecule has 0 aliphatic carbocycles. The Morgan fingerprint density at radius 1 is 0.885 bits per heavy atom. The maximum absolute atomic E-state index is 10.4. The van der Waals surface area contributed by atoms with Gasteiger partial charge < -0.3 is 4.55 Å². The van der Waals surface area contributed by atoms with Crippen LogP contribution in [0, 0.1) is 25.4 Å². The van der Waals surface area contributed by atoms with Gasteiger partial charge in [0.2, 0.25) is 3.57 Å². The monoisotopic (exact) mass is 477 g/mol. The van der Waals surface area contributed by atoms with Gasteiger partial charge >= 0.3 is 21.2 Å². The Kier molecular flexibility index (Phi) is 7.33. The molecular formula is C20H16INO3S. The molecule has 0 heterocycles. The van der Waals surface area contributed by atoms with E-state index in [4.69, 9.17) is 5.26 Å². The average molecular weight is 477 g/mol. The van der Waals surface area contributed by atoms with E-state index in [-0.39, 0.29) is 26.1 Å². The number of hydrogen-bond acceptors (Lipinski definition) is 4. The van der Waals surface area contributed by atoms with E-state index in [2.05, 4.69) is 24.3 Å². The van der Waals surface area contributed by atoms with E-state index in [1.54, 1.807) is 12.1 Å². The van der Waals surface area contributed by atoms with E-state index in [0.717, 1.165) is 11.1 Å². The fraction of sp³-hybridized carbons (Fsp3) is 0.0500. The number of halogens is 1. The molecule has 3 aromatic rings. The Morgan fingerprint density at radius 2 is 1.46 bits per heavy atom. The molecule has 0 aliphatic rings. The van der Waals surface area contributed by atoms with Crippen LogP contribution in [-0.2, 0) is 10.1 Å². The Morgan fingerprint density at radius 3 is 2.04 bits per heavy atom. The summed E-state index contributed by atoms with van der Waals surface area (Å²) in [5, 5.41) is 8.96. The number of rotatable bonds is 3. The molecule has 0 saturated carbocycles. The van der Waals surface area contributed by atoms with Crippen LogP contribution in [0.3, 0.4) is 0 Å². The fourth-order valence-corrected chi connectivity index (χ4v) is 4.83. The van der Waals surface area contributed by atoms with Gasteiger partial charge in [0.1, 0.15) is 21.8 Å². The van der Waals surface area contributed by atoms with Crippen LogP contribution < -0.4 is 21.2 Å². The first-order valence-electron chi connectivity index (χ1n) is 7.62. The fourth-order valence-electron chi connectivity index (χ4n) is 1.93. The summed E-state index contributed by atoms with van der Waals surface area (Å²) >= 11 is -0.222. The van der Waals surface area contributed by atoms with Crippen molar-refractivity contribution in [3.05, 3.63) is 97.1 Å². The Balaban J connectivity index is 0.000000197. The van der Waals surface area contributed by atoms with Gasteiger partial charge in [-0.15, -0.1) is 0 Å². The smallest absolute Gasteiger partial charge is 0.359 e. The van der Waals surface area contributed by atoms with Crippen molar-refractivity contribution in [3.63, 3.8) is 0 Å². The van der Waals surface area contributed by atoms with Crippen molar-refractivity contribution in [2.45, 2.75) is 11.8 Å². The molecule has 4 nitrogen and oxygen atoms in total. The van der Waals surface area contributed by atoms with Crippen molar-refractivity contribution in [1.29, 1.82) is 5.26 Å². The molecule has 0 radical (unpaired) electrons. The minimum absolute atomic E-state index is 0.178. The summed E-state index contributed by atoms with van der Waals surface area (Å²) in [7, 11) is -4.27. The molecule has 0 atom stereocenters. The lowest BCUT2D eigenvalue weighted by molar-refractivity contribution is -0.597. The second kappa shape index (κ2) is 9.48. The third-order valence-corrected chi connectivity index (χ3v) is 6.96. The lowest BCUT2D eigenvalue weighted by Crippen LogP contribution is -3.61. The molecule has 0 bridgehead atoms.